The van der Waals surface area contributed by atoms with Crippen molar-refractivity contribution in [3.05, 3.63) is 65.7 Å². The molecule has 1 unspecified atom stereocenters. The molecule has 0 radical (unpaired) electrons. The van der Waals surface area contributed by atoms with Crippen LogP contribution in [0.5, 0.6) is 0 Å². The number of rotatable bonds is 5. The van der Waals surface area contributed by atoms with Gasteiger partial charge in [0.05, 0.1) is 10.9 Å². The van der Waals surface area contributed by atoms with Crippen molar-refractivity contribution in [1.29, 1.82) is 0 Å². The summed E-state index contributed by atoms with van der Waals surface area (Å²) >= 11 is 0. The Hall–Kier alpha value is -2.38. The summed E-state index contributed by atoms with van der Waals surface area (Å²) in [7, 11) is -3.50. The monoisotopic (exact) mass is 414 g/mol. The van der Waals surface area contributed by atoms with Gasteiger partial charge in [-0.25, -0.2) is 13.2 Å². The van der Waals surface area contributed by atoms with E-state index in [4.69, 9.17) is 4.74 Å². The molecule has 29 heavy (non-hydrogen) atoms. The fourth-order valence-electron chi connectivity index (χ4n) is 4.18. The van der Waals surface area contributed by atoms with Gasteiger partial charge in [0.15, 0.2) is 0 Å². The van der Waals surface area contributed by atoms with Gasteiger partial charge < -0.3 is 4.74 Å². The summed E-state index contributed by atoms with van der Waals surface area (Å²) in [6.45, 7) is 3.13. The molecule has 0 saturated carbocycles. The normalized spacial score (nSPS) is 21.3. The minimum atomic E-state index is -3.50. The quantitative estimate of drug-likeness (QED) is 0.754. The average Bonchev–Trinajstić information content (AvgIpc) is 3.09. The van der Waals surface area contributed by atoms with Crippen LogP contribution in [-0.4, -0.2) is 55.5 Å². The lowest BCUT2D eigenvalue weighted by Gasteiger charge is -2.37. The van der Waals surface area contributed by atoms with Gasteiger partial charge in [-0.15, -0.1) is 0 Å². The Labute approximate surface area is 172 Å². The largest absolute Gasteiger partial charge is 0.447 e. The summed E-state index contributed by atoms with van der Waals surface area (Å²) in [6.07, 6.45) is 1.69. The van der Waals surface area contributed by atoms with E-state index < -0.39 is 10.0 Å². The number of ether oxygens (including phenoxy) is 1. The van der Waals surface area contributed by atoms with Crippen LogP contribution in [0.2, 0.25) is 0 Å². The summed E-state index contributed by atoms with van der Waals surface area (Å²) in [5, 5.41) is 0. The van der Waals surface area contributed by atoms with E-state index in [1.807, 2.05) is 42.2 Å². The molecule has 0 N–H and O–H groups in total. The highest BCUT2D eigenvalue weighted by atomic mass is 32.2. The summed E-state index contributed by atoms with van der Waals surface area (Å²) in [6, 6.07) is 17.0. The molecule has 0 aliphatic carbocycles. The van der Waals surface area contributed by atoms with Gasteiger partial charge in [0.2, 0.25) is 10.0 Å². The molecule has 0 bridgehead atoms. The maximum Gasteiger partial charge on any atom is 0.410 e. The molecule has 2 heterocycles. The van der Waals surface area contributed by atoms with Crippen LogP contribution in [0.15, 0.2) is 59.5 Å². The molecule has 0 aromatic heterocycles. The van der Waals surface area contributed by atoms with Gasteiger partial charge in [-0.2, -0.15) is 4.31 Å². The van der Waals surface area contributed by atoms with E-state index in [0.717, 1.165) is 12.0 Å². The van der Waals surface area contributed by atoms with E-state index in [-0.39, 0.29) is 18.2 Å². The molecule has 2 aliphatic heterocycles. The van der Waals surface area contributed by atoms with Crippen molar-refractivity contribution in [1.82, 2.24) is 9.21 Å². The van der Waals surface area contributed by atoms with Crippen LogP contribution in [-0.2, 0) is 21.2 Å². The number of amides is 1. The van der Waals surface area contributed by atoms with Crippen molar-refractivity contribution in [3.63, 3.8) is 0 Å². The molecule has 7 heteroatoms. The second kappa shape index (κ2) is 8.16. The van der Waals surface area contributed by atoms with Crippen molar-refractivity contribution in [3.8, 4) is 0 Å². The number of nitrogens with zero attached hydrogens (tertiary/aromatic N) is 2. The topological polar surface area (TPSA) is 66.9 Å². The van der Waals surface area contributed by atoms with Gasteiger partial charge in [-0.3, -0.25) is 4.90 Å². The highest BCUT2D eigenvalue weighted by Crippen LogP contribution is 2.28. The lowest BCUT2D eigenvalue weighted by Crippen LogP contribution is -2.50. The fraction of sp³-hybridized carbons (Fsp3) is 0.409. The number of sulfonamides is 1. The molecule has 2 aromatic rings. The Bertz CT molecular complexity index is 952. The fourth-order valence-corrected chi connectivity index (χ4v) is 5.65. The third-order valence-electron chi connectivity index (χ3n) is 5.79. The van der Waals surface area contributed by atoms with Gasteiger partial charge in [0.1, 0.15) is 6.61 Å². The third kappa shape index (κ3) is 4.16. The van der Waals surface area contributed by atoms with E-state index in [0.29, 0.717) is 37.4 Å². The zero-order valence-corrected chi connectivity index (χ0v) is 17.3. The van der Waals surface area contributed by atoms with E-state index in [9.17, 15) is 13.2 Å². The van der Waals surface area contributed by atoms with Crippen LogP contribution >= 0.6 is 0 Å². The molecule has 2 fully saturated rings. The number of piperidine rings is 1. The van der Waals surface area contributed by atoms with Crippen LogP contribution in [0.1, 0.15) is 24.0 Å². The minimum absolute atomic E-state index is 0.00294. The lowest BCUT2D eigenvalue weighted by molar-refractivity contribution is 0.125. The Morgan fingerprint density at radius 3 is 2.31 bits per heavy atom. The number of carbonyl (C=O) groups is 1. The first kappa shape index (κ1) is 19.9. The first-order valence-electron chi connectivity index (χ1n) is 10.0. The molecule has 1 amide bonds. The van der Waals surface area contributed by atoms with Crippen LogP contribution in [0.25, 0.3) is 0 Å². The summed E-state index contributed by atoms with van der Waals surface area (Å²) in [5.74, 6) is 0. The minimum Gasteiger partial charge on any atom is -0.447 e. The Morgan fingerprint density at radius 1 is 1.00 bits per heavy atom. The molecule has 2 saturated heterocycles. The second-order valence-corrected chi connectivity index (χ2v) is 9.71. The van der Waals surface area contributed by atoms with Crippen LogP contribution in [0.3, 0.4) is 0 Å². The second-order valence-electron chi connectivity index (χ2n) is 7.78. The standard InChI is InChI=1S/C22H26N2O4S/c1-17-7-9-21(10-8-17)29(26,27)23-13-11-19(12-14-23)24-20(16-28-22(24)25)15-18-5-3-2-4-6-18/h2-10,19-20H,11-16H2,1H3. The van der Waals surface area contributed by atoms with Gasteiger partial charge in [-0.05, 0) is 43.9 Å². The SMILES string of the molecule is Cc1ccc(S(=O)(=O)N2CCC(N3C(=O)OCC3Cc3ccccc3)CC2)cc1. The number of hydrogen-bond acceptors (Lipinski definition) is 4. The zero-order valence-electron chi connectivity index (χ0n) is 16.5. The predicted molar refractivity (Wildman–Crippen MR) is 110 cm³/mol. The first-order chi connectivity index (χ1) is 13.9. The van der Waals surface area contributed by atoms with Crippen molar-refractivity contribution >= 4 is 16.1 Å². The van der Waals surface area contributed by atoms with Crippen molar-refractivity contribution < 1.29 is 17.9 Å². The molecule has 0 spiro atoms. The average molecular weight is 415 g/mol. The summed E-state index contributed by atoms with van der Waals surface area (Å²) in [5.41, 5.74) is 2.19. The first-order valence-corrected chi connectivity index (χ1v) is 11.4. The molecule has 4 rings (SSSR count). The zero-order chi connectivity index (χ0) is 20.4. The molecule has 1 atom stereocenters. The maximum atomic E-state index is 12.9. The van der Waals surface area contributed by atoms with Crippen LogP contribution < -0.4 is 0 Å². The molecular formula is C22H26N2O4S. The number of hydrogen-bond donors (Lipinski definition) is 0. The van der Waals surface area contributed by atoms with Crippen molar-refractivity contribution in [2.45, 2.75) is 43.2 Å². The number of benzene rings is 2. The molecular weight excluding hydrogens is 388 g/mol. The number of cyclic esters (lactones) is 1. The van der Waals surface area contributed by atoms with E-state index >= 15 is 0 Å². The van der Waals surface area contributed by atoms with Crippen molar-refractivity contribution in [2.24, 2.45) is 0 Å². The molecule has 2 aliphatic rings. The van der Waals surface area contributed by atoms with E-state index in [1.54, 1.807) is 12.1 Å². The van der Waals surface area contributed by atoms with Gasteiger partial charge >= 0.3 is 6.09 Å². The summed E-state index contributed by atoms with van der Waals surface area (Å²) < 4.78 is 32.7. The molecule has 154 valence electrons. The Balaban J connectivity index is 1.43. The van der Waals surface area contributed by atoms with E-state index in [2.05, 4.69) is 12.1 Å². The molecule has 2 aromatic carbocycles. The number of carbonyl (C=O) groups excluding carboxylic acids is 1. The Morgan fingerprint density at radius 2 is 1.66 bits per heavy atom. The van der Waals surface area contributed by atoms with Crippen LogP contribution in [0.4, 0.5) is 4.79 Å². The predicted octanol–water partition coefficient (Wildman–Crippen LogP) is 3.21. The van der Waals surface area contributed by atoms with Crippen molar-refractivity contribution in [2.75, 3.05) is 19.7 Å². The van der Waals surface area contributed by atoms with Gasteiger partial charge in [0.25, 0.3) is 0 Å². The Kier molecular flexibility index (Phi) is 5.61. The third-order valence-corrected chi connectivity index (χ3v) is 7.71. The smallest absolute Gasteiger partial charge is 0.410 e. The highest BCUT2D eigenvalue weighted by molar-refractivity contribution is 7.89. The van der Waals surface area contributed by atoms with Crippen LogP contribution in [0, 0.1) is 6.92 Å². The highest BCUT2D eigenvalue weighted by Gasteiger charge is 2.40. The molecule has 6 nitrogen and oxygen atoms in total. The lowest BCUT2D eigenvalue weighted by atomic mass is 10.00. The van der Waals surface area contributed by atoms with Gasteiger partial charge in [0, 0.05) is 19.1 Å². The van der Waals surface area contributed by atoms with E-state index in [1.165, 1.54) is 9.87 Å². The number of aryl methyl sites for hydroxylation is 1. The maximum absolute atomic E-state index is 12.9. The van der Waals surface area contributed by atoms with Gasteiger partial charge in [-0.1, -0.05) is 48.0 Å². The summed E-state index contributed by atoms with van der Waals surface area (Å²) in [4.78, 5) is 14.5.